The van der Waals surface area contributed by atoms with Gasteiger partial charge in [0.1, 0.15) is 30.5 Å². The monoisotopic (exact) mass is 639 g/mol. The standard InChI is InChI=1S/C35H61NO9/c1-2-3-4-5-6-7-8-9-10-11-12-16-22-28(38)31(40)27(25-44-35-34(43)33(42)32(41)29(24-37)45-35)36-30(39)23-18-17-21-26-19-14-13-15-20-26/h13-15,19-20,27-29,31-35,37-38,40-43H,2-12,16-18,21-25H2,1H3,(H,36,39)/t27-,28+,29+,31-,32-,33-,34+,35-/m0/s1. The van der Waals surface area contributed by atoms with Gasteiger partial charge in [-0.3, -0.25) is 4.79 Å². The van der Waals surface area contributed by atoms with Gasteiger partial charge in [-0.15, -0.1) is 0 Å². The zero-order valence-corrected chi connectivity index (χ0v) is 27.3. The summed E-state index contributed by atoms with van der Waals surface area (Å²) in [5.74, 6) is -0.304. The molecule has 1 saturated heterocycles. The van der Waals surface area contributed by atoms with Crippen molar-refractivity contribution in [2.75, 3.05) is 13.2 Å². The van der Waals surface area contributed by atoms with E-state index in [4.69, 9.17) is 9.47 Å². The summed E-state index contributed by atoms with van der Waals surface area (Å²) in [5, 5.41) is 64.5. The molecular weight excluding hydrogens is 578 g/mol. The second-order valence-electron chi connectivity index (χ2n) is 12.6. The molecule has 1 heterocycles. The Balaban J connectivity index is 1.80. The lowest BCUT2D eigenvalue weighted by molar-refractivity contribution is -0.303. The molecule has 1 aromatic rings. The number of carbonyl (C=O) groups excluding carboxylic acids is 1. The number of aliphatic hydroxyl groups excluding tert-OH is 6. The molecule has 0 spiro atoms. The van der Waals surface area contributed by atoms with Crippen LogP contribution < -0.4 is 5.32 Å². The molecule has 1 aliphatic heterocycles. The van der Waals surface area contributed by atoms with Gasteiger partial charge in [0.2, 0.25) is 5.91 Å². The lowest BCUT2D eigenvalue weighted by Gasteiger charge is -2.40. The molecule has 0 radical (unpaired) electrons. The van der Waals surface area contributed by atoms with E-state index in [9.17, 15) is 35.4 Å². The molecule has 2 rings (SSSR count). The molecule has 0 saturated carbocycles. The van der Waals surface area contributed by atoms with Gasteiger partial charge < -0.3 is 45.4 Å². The smallest absolute Gasteiger partial charge is 0.220 e. The van der Waals surface area contributed by atoms with Gasteiger partial charge >= 0.3 is 0 Å². The van der Waals surface area contributed by atoms with E-state index in [1.807, 2.05) is 30.3 Å². The number of benzene rings is 1. The van der Waals surface area contributed by atoms with E-state index in [-0.39, 0.29) is 18.9 Å². The van der Waals surface area contributed by atoms with Crippen molar-refractivity contribution in [2.45, 2.75) is 165 Å². The summed E-state index contributed by atoms with van der Waals surface area (Å²) in [5.41, 5.74) is 1.19. The fraction of sp³-hybridized carbons (Fsp3) is 0.800. The summed E-state index contributed by atoms with van der Waals surface area (Å²) < 4.78 is 11.0. The normalized spacial score (nSPS) is 23.8. The number of nitrogens with one attached hydrogen (secondary N) is 1. The average Bonchev–Trinajstić information content (AvgIpc) is 3.05. The highest BCUT2D eigenvalue weighted by Crippen LogP contribution is 2.23. The van der Waals surface area contributed by atoms with E-state index in [2.05, 4.69) is 12.2 Å². The van der Waals surface area contributed by atoms with Crippen molar-refractivity contribution in [3.05, 3.63) is 35.9 Å². The van der Waals surface area contributed by atoms with Gasteiger partial charge in [0.05, 0.1) is 25.4 Å². The van der Waals surface area contributed by atoms with E-state index >= 15 is 0 Å². The summed E-state index contributed by atoms with van der Waals surface area (Å²) in [4.78, 5) is 12.8. The largest absolute Gasteiger partial charge is 0.394 e. The summed E-state index contributed by atoms with van der Waals surface area (Å²) >= 11 is 0. The van der Waals surface area contributed by atoms with Gasteiger partial charge in [0.25, 0.3) is 0 Å². The van der Waals surface area contributed by atoms with Crippen LogP contribution in [0, 0.1) is 0 Å². The van der Waals surface area contributed by atoms with Gasteiger partial charge in [0, 0.05) is 6.42 Å². The minimum absolute atomic E-state index is 0.227. The number of ether oxygens (including phenoxy) is 2. The number of aryl methyl sites for hydroxylation is 1. The molecule has 45 heavy (non-hydrogen) atoms. The highest BCUT2D eigenvalue weighted by molar-refractivity contribution is 5.76. The van der Waals surface area contributed by atoms with Crippen LogP contribution in [0.1, 0.15) is 115 Å². The van der Waals surface area contributed by atoms with Gasteiger partial charge in [-0.05, 0) is 31.2 Å². The molecule has 1 fully saturated rings. The predicted molar refractivity (Wildman–Crippen MR) is 173 cm³/mol. The Kier molecular flexibility index (Phi) is 20.8. The fourth-order valence-electron chi connectivity index (χ4n) is 5.80. The Morgan fingerprint density at radius 3 is 2.02 bits per heavy atom. The van der Waals surface area contributed by atoms with Crippen molar-refractivity contribution in [2.24, 2.45) is 0 Å². The third-order valence-corrected chi connectivity index (χ3v) is 8.76. The number of amides is 1. The molecule has 8 atom stereocenters. The zero-order valence-electron chi connectivity index (χ0n) is 27.3. The van der Waals surface area contributed by atoms with Crippen LogP contribution in [0.25, 0.3) is 0 Å². The van der Waals surface area contributed by atoms with Gasteiger partial charge in [0.15, 0.2) is 6.29 Å². The summed E-state index contributed by atoms with van der Waals surface area (Å²) in [7, 11) is 0. The van der Waals surface area contributed by atoms with Crippen molar-refractivity contribution < 1.29 is 44.9 Å². The molecule has 0 bridgehead atoms. The first-order chi connectivity index (χ1) is 21.8. The topological polar surface area (TPSA) is 169 Å². The lowest BCUT2D eigenvalue weighted by atomic mass is 9.98. The van der Waals surface area contributed by atoms with E-state index in [0.717, 1.165) is 38.5 Å². The van der Waals surface area contributed by atoms with Crippen LogP contribution in [0.3, 0.4) is 0 Å². The minimum Gasteiger partial charge on any atom is -0.394 e. The third kappa shape index (κ3) is 15.7. The maximum absolute atomic E-state index is 12.8. The van der Waals surface area contributed by atoms with Gasteiger partial charge in [-0.25, -0.2) is 0 Å². The average molecular weight is 640 g/mol. The molecule has 7 N–H and O–H groups in total. The van der Waals surface area contributed by atoms with E-state index < -0.39 is 55.6 Å². The van der Waals surface area contributed by atoms with Crippen molar-refractivity contribution in [1.29, 1.82) is 0 Å². The Labute approximate surface area is 270 Å². The molecule has 0 aromatic heterocycles. The second-order valence-corrected chi connectivity index (χ2v) is 12.6. The van der Waals surface area contributed by atoms with Crippen LogP contribution in [-0.4, -0.2) is 98.7 Å². The number of unbranched alkanes of at least 4 members (excludes halogenated alkanes) is 12. The van der Waals surface area contributed by atoms with E-state index in [0.29, 0.717) is 12.8 Å². The number of hydrogen-bond acceptors (Lipinski definition) is 9. The van der Waals surface area contributed by atoms with Crippen molar-refractivity contribution in [1.82, 2.24) is 5.32 Å². The zero-order chi connectivity index (χ0) is 32.9. The molecule has 260 valence electrons. The Morgan fingerprint density at radius 2 is 1.42 bits per heavy atom. The quantitative estimate of drug-likeness (QED) is 0.0792. The van der Waals surface area contributed by atoms with Crippen molar-refractivity contribution >= 4 is 5.91 Å². The number of rotatable bonds is 25. The number of carbonyl (C=O) groups is 1. The summed E-state index contributed by atoms with van der Waals surface area (Å²) in [6.07, 6.45) is 7.40. The summed E-state index contributed by atoms with van der Waals surface area (Å²) in [6.45, 7) is 1.30. The maximum Gasteiger partial charge on any atom is 0.220 e. The first kappa shape index (κ1) is 39.5. The second kappa shape index (κ2) is 23.7. The predicted octanol–water partition coefficient (Wildman–Crippen LogP) is 3.51. The van der Waals surface area contributed by atoms with Crippen LogP contribution in [-0.2, 0) is 20.7 Å². The molecule has 10 heteroatoms. The van der Waals surface area contributed by atoms with E-state index in [1.165, 1.54) is 56.9 Å². The van der Waals surface area contributed by atoms with Crippen molar-refractivity contribution in [3.63, 3.8) is 0 Å². The number of hydrogen-bond donors (Lipinski definition) is 7. The van der Waals surface area contributed by atoms with Gasteiger partial charge in [-0.1, -0.05) is 114 Å². The first-order valence-electron chi connectivity index (χ1n) is 17.4. The van der Waals surface area contributed by atoms with E-state index in [1.54, 1.807) is 0 Å². The third-order valence-electron chi connectivity index (χ3n) is 8.76. The van der Waals surface area contributed by atoms with Gasteiger partial charge in [-0.2, -0.15) is 0 Å². The Hall–Kier alpha value is -1.63. The van der Waals surface area contributed by atoms with Crippen LogP contribution in [0.4, 0.5) is 0 Å². The summed E-state index contributed by atoms with van der Waals surface area (Å²) in [6, 6.07) is 8.99. The minimum atomic E-state index is -1.61. The molecular formula is C35H61NO9. The Morgan fingerprint density at radius 1 is 0.822 bits per heavy atom. The SMILES string of the molecule is CCCCCCCCCCCCCC[C@@H](O)[C@@H](O)[C@H](CO[C@H]1O[C@H](CO)[C@H](O)[C@H](O)[C@H]1O)NC(=O)CCCCc1ccccc1. The highest BCUT2D eigenvalue weighted by Gasteiger charge is 2.44. The van der Waals surface area contributed by atoms with Crippen LogP contribution >= 0.6 is 0 Å². The van der Waals surface area contributed by atoms with Crippen molar-refractivity contribution in [3.8, 4) is 0 Å². The molecule has 0 unspecified atom stereocenters. The number of aliphatic hydroxyl groups is 6. The van der Waals surface area contributed by atoms with Crippen LogP contribution in [0.15, 0.2) is 30.3 Å². The van der Waals surface area contributed by atoms with Crippen LogP contribution in [0.5, 0.6) is 0 Å². The highest BCUT2D eigenvalue weighted by atomic mass is 16.7. The Bertz CT molecular complexity index is 874. The molecule has 10 nitrogen and oxygen atoms in total. The van der Waals surface area contributed by atoms with Crippen LogP contribution in [0.2, 0.25) is 0 Å². The first-order valence-corrected chi connectivity index (χ1v) is 17.4. The molecule has 1 amide bonds. The fourth-order valence-corrected chi connectivity index (χ4v) is 5.80. The molecule has 1 aliphatic rings. The molecule has 0 aliphatic carbocycles. The maximum atomic E-state index is 12.8. The molecule has 1 aromatic carbocycles. The lowest BCUT2D eigenvalue weighted by Crippen LogP contribution is -2.60.